The minimum absolute atomic E-state index is 0.189. The summed E-state index contributed by atoms with van der Waals surface area (Å²) in [5.41, 5.74) is 7.85. The highest BCUT2D eigenvalue weighted by Gasteiger charge is 2.54. The molecule has 2 nitrogen and oxygen atoms in total. The summed E-state index contributed by atoms with van der Waals surface area (Å²) in [6.07, 6.45) is 1.61. The first-order valence-corrected chi connectivity index (χ1v) is 9.16. The van der Waals surface area contributed by atoms with Crippen LogP contribution >= 0.6 is 0 Å². The molecule has 0 aromatic heterocycles. The molecule has 2 heteroatoms. The van der Waals surface area contributed by atoms with Crippen molar-refractivity contribution in [3.05, 3.63) is 100 Å². The zero-order valence-electron chi connectivity index (χ0n) is 15.1. The molecule has 128 valence electrons. The van der Waals surface area contributed by atoms with Crippen LogP contribution in [0.1, 0.15) is 33.4 Å². The van der Waals surface area contributed by atoms with Gasteiger partial charge in [0.15, 0.2) is 0 Å². The molecular formula is C24H21NO. The largest absolute Gasteiger partial charge is 0.314 e. The van der Waals surface area contributed by atoms with Crippen LogP contribution in [0.25, 0.3) is 0 Å². The Labute approximate surface area is 154 Å². The lowest BCUT2D eigenvalue weighted by atomic mass is 9.64. The summed E-state index contributed by atoms with van der Waals surface area (Å²) >= 11 is 0. The Hall–Kier alpha value is -2.87. The molecule has 26 heavy (non-hydrogen) atoms. The molecule has 0 radical (unpaired) electrons. The van der Waals surface area contributed by atoms with Crippen molar-refractivity contribution >= 4 is 11.6 Å². The summed E-state index contributed by atoms with van der Waals surface area (Å²) in [7, 11) is 1.91. The fourth-order valence-electron chi connectivity index (χ4n) is 4.94. The second kappa shape index (κ2) is 5.31. The van der Waals surface area contributed by atoms with Crippen molar-refractivity contribution in [2.24, 2.45) is 0 Å². The zero-order valence-corrected chi connectivity index (χ0v) is 15.1. The van der Waals surface area contributed by atoms with Crippen molar-refractivity contribution in [3.8, 4) is 0 Å². The van der Waals surface area contributed by atoms with Crippen molar-refractivity contribution in [1.82, 2.24) is 0 Å². The van der Waals surface area contributed by atoms with Crippen molar-refractivity contribution in [3.63, 3.8) is 0 Å². The number of carbonyl (C=O) groups excluding carboxylic acids is 1. The van der Waals surface area contributed by atoms with Crippen LogP contribution in [0, 0.1) is 6.92 Å². The molecular weight excluding hydrogens is 318 g/mol. The van der Waals surface area contributed by atoms with E-state index in [1.807, 2.05) is 11.9 Å². The summed E-state index contributed by atoms with van der Waals surface area (Å²) in [5.74, 6) is 0.189. The maximum atomic E-state index is 13.7. The van der Waals surface area contributed by atoms with E-state index in [1.54, 1.807) is 0 Å². The lowest BCUT2D eigenvalue weighted by Gasteiger charge is -2.36. The first-order valence-electron chi connectivity index (χ1n) is 9.16. The number of likely N-dealkylation sites (N-methyl/N-ethyl adjacent to an activating group) is 1. The van der Waals surface area contributed by atoms with Crippen molar-refractivity contribution in [2.75, 3.05) is 11.9 Å². The Morgan fingerprint density at radius 3 is 2.58 bits per heavy atom. The summed E-state index contributed by atoms with van der Waals surface area (Å²) in [6, 6.07) is 23.4. The first kappa shape index (κ1) is 15.4. The number of nitrogens with zero attached hydrogens (tertiary/aromatic N) is 1. The van der Waals surface area contributed by atoms with Gasteiger partial charge >= 0.3 is 0 Å². The lowest BCUT2D eigenvalue weighted by molar-refractivity contribution is -0.121. The van der Waals surface area contributed by atoms with E-state index in [-0.39, 0.29) is 5.91 Å². The third-order valence-electron chi connectivity index (χ3n) is 6.00. The molecule has 1 aliphatic heterocycles. The van der Waals surface area contributed by atoms with Crippen LogP contribution < -0.4 is 4.90 Å². The van der Waals surface area contributed by atoms with Crippen LogP contribution in [0.5, 0.6) is 0 Å². The van der Waals surface area contributed by atoms with E-state index in [0.29, 0.717) is 6.42 Å². The fraction of sp³-hybridized carbons (Fsp3) is 0.208. The average molecular weight is 339 g/mol. The SMILES string of the molecule is Cc1cccc(CC23C(=O)N(C)c4cccc(c42)Cc2ccccc23)c1. The Bertz CT molecular complexity index is 1050. The summed E-state index contributed by atoms with van der Waals surface area (Å²) in [4.78, 5) is 15.5. The maximum absolute atomic E-state index is 13.7. The second-order valence-electron chi connectivity index (χ2n) is 7.58. The van der Waals surface area contributed by atoms with Gasteiger partial charge in [-0.3, -0.25) is 4.79 Å². The Morgan fingerprint density at radius 2 is 1.73 bits per heavy atom. The minimum atomic E-state index is -0.608. The third-order valence-corrected chi connectivity index (χ3v) is 6.00. The number of anilines is 1. The molecule has 0 saturated heterocycles. The van der Waals surface area contributed by atoms with Crippen molar-refractivity contribution in [2.45, 2.75) is 25.2 Å². The van der Waals surface area contributed by atoms with Crippen LogP contribution in [-0.2, 0) is 23.1 Å². The Balaban J connectivity index is 1.82. The van der Waals surface area contributed by atoms with E-state index in [4.69, 9.17) is 0 Å². The van der Waals surface area contributed by atoms with Crippen molar-refractivity contribution < 1.29 is 4.79 Å². The van der Waals surface area contributed by atoms with E-state index < -0.39 is 5.41 Å². The highest BCUT2D eigenvalue weighted by atomic mass is 16.2. The number of amides is 1. The van der Waals surface area contributed by atoms with Crippen molar-refractivity contribution in [1.29, 1.82) is 0 Å². The zero-order chi connectivity index (χ0) is 17.9. The van der Waals surface area contributed by atoms with Gasteiger partial charge < -0.3 is 4.90 Å². The highest BCUT2D eigenvalue weighted by molar-refractivity contribution is 6.11. The van der Waals surface area contributed by atoms with Gasteiger partial charge in [0.05, 0.1) is 0 Å². The van der Waals surface area contributed by atoms with E-state index in [1.165, 1.54) is 33.4 Å². The molecule has 1 amide bonds. The molecule has 1 atom stereocenters. The van der Waals surface area contributed by atoms with Gasteiger partial charge in [0, 0.05) is 12.7 Å². The topological polar surface area (TPSA) is 20.3 Å². The van der Waals surface area contributed by atoms with Gasteiger partial charge in [-0.05, 0) is 53.6 Å². The number of fused-ring (bicyclic) bond motifs is 2. The third kappa shape index (κ3) is 1.90. The number of aryl methyl sites for hydroxylation is 1. The summed E-state index contributed by atoms with van der Waals surface area (Å²) in [5, 5.41) is 0. The first-order chi connectivity index (χ1) is 12.6. The molecule has 2 aliphatic rings. The van der Waals surface area contributed by atoms with Gasteiger partial charge in [-0.25, -0.2) is 0 Å². The van der Waals surface area contributed by atoms with E-state index in [9.17, 15) is 4.79 Å². The predicted octanol–water partition coefficient (Wildman–Crippen LogP) is 4.40. The normalized spacial score (nSPS) is 20.1. The molecule has 0 N–H and O–H groups in total. The molecule has 5 rings (SSSR count). The molecule has 0 fully saturated rings. The number of hydrogen-bond donors (Lipinski definition) is 0. The van der Waals surface area contributed by atoms with Gasteiger partial charge in [0.2, 0.25) is 5.91 Å². The number of carbonyl (C=O) groups is 1. The molecule has 0 saturated carbocycles. The highest BCUT2D eigenvalue weighted by Crippen LogP contribution is 2.53. The van der Waals surface area contributed by atoms with E-state index in [2.05, 4.69) is 73.7 Å². The summed E-state index contributed by atoms with van der Waals surface area (Å²) in [6.45, 7) is 2.11. The molecule has 3 aromatic carbocycles. The smallest absolute Gasteiger partial charge is 0.242 e. The average Bonchev–Trinajstić information content (AvgIpc) is 2.86. The lowest BCUT2D eigenvalue weighted by Crippen LogP contribution is -2.44. The second-order valence-corrected chi connectivity index (χ2v) is 7.58. The van der Waals surface area contributed by atoms with Gasteiger partial charge in [0.1, 0.15) is 5.41 Å². The molecule has 0 bridgehead atoms. The van der Waals surface area contributed by atoms with Crippen LogP contribution in [0.4, 0.5) is 5.69 Å². The van der Waals surface area contributed by atoms with Crippen LogP contribution in [0.2, 0.25) is 0 Å². The molecule has 0 spiro atoms. The van der Waals surface area contributed by atoms with Gasteiger partial charge in [-0.1, -0.05) is 66.2 Å². The van der Waals surface area contributed by atoms with E-state index >= 15 is 0 Å². The summed E-state index contributed by atoms with van der Waals surface area (Å²) < 4.78 is 0. The number of rotatable bonds is 2. The van der Waals surface area contributed by atoms with Crippen LogP contribution in [-0.4, -0.2) is 13.0 Å². The van der Waals surface area contributed by atoms with E-state index in [0.717, 1.165) is 12.1 Å². The number of hydrogen-bond acceptors (Lipinski definition) is 1. The van der Waals surface area contributed by atoms with Gasteiger partial charge in [-0.2, -0.15) is 0 Å². The molecule has 3 aromatic rings. The van der Waals surface area contributed by atoms with Gasteiger partial charge in [-0.15, -0.1) is 0 Å². The standard InChI is InChI=1S/C24H21NO/c1-16-7-5-8-17(13-16)15-24-20-11-4-3-9-18(20)14-19-10-6-12-21(22(19)24)25(2)23(24)26/h3-13H,14-15H2,1-2H3. The Morgan fingerprint density at radius 1 is 0.962 bits per heavy atom. The van der Waals surface area contributed by atoms with Crippen LogP contribution in [0.3, 0.4) is 0 Å². The maximum Gasteiger partial charge on any atom is 0.242 e. The van der Waals surface area contributed by atoms with Gasteiger partial charge in [0.25, 0.3) is 0 Å². The molecule has 1 heterocycles. The van der Waals surface area contributed by atoms with Crippen LogP contribution in [0.15, 0.2) is 66.7 Å². The fourth-order valence-corrected chi connectivity index (χ4v) is 4.94. The predicted molar refractivity (Wildman–Crippen MR) is 105 cm³/mol. The number of benzene rings is 3. The Kier molecular flexibility index (Phi) is 3.14. The molecule has 1 unspecified atom stereocenters. The monoisotopic (exact) mass is 339 g/mol. The quantitative estimate of drug-likeness (QED) is 0.677. The minimum Gasteiger partial charge on any atom is -0.314 e. The molecule has 1 aliphatic carbocycles.